The van der Waals surface area contributed by atoms with Gasteiger partial charge < -0.3 is 5.32 Å². The Morgan fingerprint density at radius 2 is 2.05 bits per heavy atom. The highest BCUT2D eigenvalue weighted by atomic mass is 15.4. The average Bonchev–Trinajstić information content (AvgIpc) is 2.57. The van der Waals surface area contributed by atoms with Gasteiger partial charge in [-0.25, -0.2) is 0 Å². The van der Waals surface area contributed by atoms with Gasteiger partial charge in [0.25, 0.3) is 0 Å². The Hall–Kier alpha value is -1.49. The van der Waals surface area contributed by atoms with Crippen LogP contribution in [0.5, 0.6) is 0 Å². The molecule has 2 bridgehead atoms. The number of piperazine rings is 3. The second kappa shape index (κ2) is 5.37. The largest absolute Gasteiger partial charge is 0.312 e. The van der Waals surface area contributed by atoms with Gasteiger partial charge in [0.15, 0.2) is 0 Å². The number of likely N-dealkylation sites (N-methyl/N-ethyl adjacent to an activating group) is 1. The van der Waals surface area contributed by atoms with Crippen LogP contribution in [0.15, 0.2) is 36.7 Å². The summed E-state index contributed by atoms with van der Waals surface area (Å²) in [5, 5.41) is 6.12. The topological polar surface area (TPSA) is 31.4 Å². The fraction of sp³-hybridized carbons (Fsp3) is 0.471. The molecule has 2 aromatic rings. The molecule has 110 valence electrons. The van der Waals surface area contributed by atoms with Crippen LogP contribution >= 0.6 is 0 Å². The fourth-order valence-electron chi connectivity index (χ4n) is 3.94. The standard InChI is InChI=1S/C17H22N4/c1-18-17(16-12-20-7-9-21(16)10-8-20)14-4-2-3-13-5-6-19-11-15(13)14/h2-6,11,16-18H,7-10,12H2,1H3. The number of nitrogens with one attached hydrogen (secondary N) is 1. The number of fused-ring (bicyclic) bond motifs is 4. The highest BCUT2D eigenvalue weighted by Crippen LogP contribution is 2.31. The highest BCUT2D eigenvalue weighted by molar-refractivity contribution is 5.85. The Morgan fingerprint density at radius 1 is 1.19 bits per heavy atom. The summed E-state index contributed by atoms with van der Waals surface area (Å²) in [7, 11) is 2.08. The normalized spacial score (nSPS) is 29.7. The molecule has 4 nitrogen and oxygen atoms in total. The number of pyridine rings is 1. The van der Waals surface area contributed by atoms with E-state index in [9.17, 15) is 0 Å². The number of aromatic nitrogens is 1. The van der Waals surface area contributed by atoms with Gasteiger partial charge in [0.1, 0.15) is 0 Å². The Labute approximate surface area is 125 Å². The van der Waals surface area contributed by atoms with Crippen LogP contribution in [0, 0.1) is 0 Å². The zero-order valence-corrected chi connectivity index (χ0v) is 12.5. The third-order valence-corrected chi connectivity index (χ3v) is 5.07. The summed E-state index contributed by atoms with van der Waals surface area (Å²) in [5.74, 6) is 0. The van der Waals surface area contributed by atoms with Crippen molar-refractivity contribution in [3.05, 3.63) is 42.2 Å². The third kappa shape index (κ3) is 2.24. The van der Waals surface area contributed by atoms with Gasteiger partial charge in [0.05, 0.1) is 0 Å². The molecule has 0 spiro atoms. The van der Waals surface area contributed by atoms with Crippen LogP contribution in [0.1, 0.15) is 11.6 Å². The molecule has 3 aliphatic rings. The molecule has 3 aliphatic heterocycles. The molecule has 1 N–H and O–H groups in total. The average molecular weight is 282 g/mol. The predicted octanol–water partition coefficient (Wildman–Crippen LogP) is 1.50. The molecule has 0 amide bonds. The Bertz CT molecular complexity index is 628. The van der Waals surface area contributed by atoms with E-state index >= 15 is 0 Å². The minimum Gasteiger partial charge on any atom is -0.312 e. The smallest absolute Gasteiger partial charge is 0.0495 e. The lowest BCUT2D eigenvalue weighted by atomic mass is 9.91. The zero-order chi connectivity index (χ0) is 14.2. The molecule has 5 rings (SSSR count). The highest BCUT2D eigenvalue weighted by Gasteiger charge is 2.37. The van der Waals surface area contributed by atoms with Crippen molar-refractivity contribution >= 4 is 10.8 Å². The minimum atomic E-state index is 0.362. The van der Waals surface area contributed by atoms with Gasteiger partial charge in [-0.05, 0) is 24.1 Å². The lowest BCUT2D eigenvalue weighted by molar-refractivity contribution is -0.00233. The van der Waals surface area contributed by atoms with Crippen LogP contribution in [0.3, 0.4) is 0 Å². The van der Waals surface area contributed by atoms with Crippen LogP contribution < -0.4 is 5.32 Å². The van der Waals surface area contributed by atoms with E-state index in [2.05, 4.69) is 51.4 Å². The second-order valence-corrected chi connectivity index (χ2v) is 6.11. The van der Waals surface area contributed by atoms with Crippen molar-refractivity contribution in [3.8, 4) is 0 Å². The summed E-state index contributed by atoms with van der Waals surface area (Å²) in [5.41, 5.74) is 1.38. The van der Waals surface area contributed by atoms with Gasteiger partial charge in [-0.1, -0.05) is 18.2 Å². The first-order valence-electron chi connectivity index (χ1n) is 7.83. The maximum atomic E-state index is 4.33. The van der Waals surface area contributed by atoms with Crippen LogP contribution in [0.25, 0.3) is 10.8 Å². The molecular formula is C17H22N4. The monoisotopic (exact) mass is 282 g/mol. The Balaban J connectivity index is 1.75. The molecule has 1 aromatic heterocycles. The molecule has 0 radical (unpaired) electrons. The summed E-state index contributed by atoms with van der Waals surface area (Å²) >= 11 is 0. The van der Waals surface area contributed by atoms with Crippen molar-refractivity contribution in [2.45, 2.75) is 12.1 Å². The predicted molar refractivity (Wildman–Crippen MR) is 85.3 cm³/mol. The quantitative estimate of drug-likeness (QED) is 0.924. The summed E-state index contributed by atoms with van der Waals surface area (Å²) in [6.07, 6.45) is 3.88. The molecule has 1 aromatic carbocycles. The van der Waals surface area contributed by atoms with Crippen molar-refractivity contribution in [2.24, 2.45) is 0 Å². The zero-order valence-electron chi connectivity index (χ0n) is 12.5. The minimum absolute atomic E-state index is 0.362. The van der Waals surface area contributed by atoms with E-state index in [1.807, 2.05) is 12.4 Å². The first-order valence-corrected chi connectivity index (χ1v) is 7.83. The molecule has 0 saturated carbocycles. The van der Waals surface area contributed by atoms with Crippen LogP contribution in [0.2, 0.25) is 0 Å². The van der Waals surface area contributed by atoms with Crippen LogP contribution in [-0.4, -0.2) is 60.6 Å². The molecule has 0 aliphatic carbocycles. The summed E-state index contributed by atoms with van der Waals surface area (Å²) in [4.78, 5) is 9.58. The van der Waals surface area contributed by atoms with Crippen molar-refractivity contribution in [1.82, 2.24) is 20.1 Å². The van der Waals surface area contributed by atoms with Gasteiger partial charge in [0.2, 0.25) is 0 Å². The SMILES string of the molecule is CNC(c1cccc2ccncc12)C1CN2CCN1CC2. The number of hydrogen-bond acceptors (Lipinski definition) is 4. The molecule has 2 unspecified atom stereocenters. The Kier molecular flexibility index (Phi) is 3.37. The number of rotatable bonds is 3. The fourth-order valence-corrected chi connectivity index (χ4v) is 3.94. The number of hydrogen-bond donors (Lipinski definition) is 1. The number of nitrogens with zero attached hydrogens (tertiary/aromatic N) is 3. The van der Waals surface area contributed by atoms with Gasteiger partial charge in [-0.3, -0.25) is 14.8 Å². The third-order valence-electron chi connectivity index (χ3n) is 5.07. The summed E-state index contributed by atoms with van der Waals surface area (Å²) in [6, 6.07) is 9.61. The van der Waals surface area contributed by atoms with Gasteiger partial charge in [-0.15, -0.1) is 0 Å². The van der Waals surface area contributed by atoms with Crippen LogP contribution in [0.4, 0.5) is 0 Å². The van der Waals surface area contributed by atoms with Crippen molar-refractivity contribution in [3.63, 3.8) is 0 Å². The first kappa shape index (κ1) is 13.2. The van der Waals surface area contributed by atoms with E-state index in [4.69, 9.17) is 0 Å². The second-order valence-electron chi connectivity index (χ2n) is 6.11. The lowest BCUT2D eigenvalue weighted by Crippen LogP contribution is -2.63. The van der Waals surface area contributed by atoms with E-state index in [0.29, 0.717) is 12.1 Å². The molecule has 2 atom stereocenters. The van der Waals surface area contributed by atoms with E-state index in [1.165, 1.54) is 49.1 Å². The van der Waals surface area contributed by atoms with Gasteiger partial charge >= 0.3 is 0 Å². The van der Waals surface area contributed by atoms with E-state index < -0.39 is 0 Å². The van der Waals surface area contributed by atoms with Crippen molar-refractivity contribution < 1.29 is 0 Å². The maximum Gasteiger partial charge on any atom is 0.0495 e. The summed E-state index contributed by atoms with van der Waals surface area (Å²) < 4.78 is 0. The maximum absolute atomic E-state index is 4.33. The summed E-state index contributed by atoms with van der Waals surface area (Å²) in [6.45, 7) is 6.02. The van der Waals surface area contributed by atoms with Crippen molar-refractivity contribution in [1.29, 1.82) is 0 Å². The molecule has 3 fully saturated rings. The molecule has 4 heteroatoms. The number of benzene rings is 1. The van der Waals surface area contributed by atoms with E-state index in [1.54, 1.807) is 0 Å². The molecular weight excluding hydrogens is 260 g/mol. The lowest BCUT2D eigenvalue weighted by Gasteiger charge is -2.50. The van der Waals surface area contributed by atoms with Crippen LogP contribution in [-0.2, 0) is 0 Å². The Morgan fingerprint density at radius 3 is 2.76 bits per heavy atom. The molecule has 21 heavy (non-hydrogen) atoms. The first-order chi connectivity index (χ1) is 10.4. The molecule has 3 saturated heterocycles. The van der Waals surface area contributed by atoms with Gasteiger partial charge in [-0.2, -0.15) is 0 Å². The van der Waals surface area contributed by atoms with E-state index in [0.717, 1.165) is 0 Å². The van der Waals surface area contributed by atoms with Gasteiger partial charge in [0, 0.05) is 62.6 Å². The van der Waals surface area contributed by atoms with E-state index in [-0.39, 0.29) is 0 Å². The molecule has 4 heterocycles. The van der Waals surface area contributed by atoms with Crippen molar-refractivity contribution in [2.75, 3.05) is 39.8 Å².